The number of rotatable bonds is 2. The molecule has 1 amide bonds. The number of piperidine rings is 1. The first kappa shape index (κ1) is 16.8. The number of nitrogens with two attached hydrogens (primary N) is 1. The zero-order valence-electron chi connectivity index (χ0n) is 14.9. The third-order valence-electron chi connectivity index (χ3n) is 6.18. The van der Waals surface area contributed by atoms with Crippen molar-refractivity contribution < 1.29 is 9.53 Å². The number of nitrogen functional groups attached to an aromatic ring is 1. The fourth-order valence-electron chi connectivity index (χ4n) is 4.69. The maximum absolute atomic E-state index is 12.7. The van der Waals surface area contributed by atoms with E-state index in [0.717, 1.165) is 50.0 Å². The predicted octanol–water partition coefficient (Wildman–Crippen LogP) is 2.42. The normalized spacial score (nSPS) is 23.4. The van der Waals surface area contributed by atoms with Crippen LogP contribution < -0.4 is 5.73 Å². The average molecular weight is 344 g/mol. The molecular weight excluding hydrogens is 316 g/mol. The van der Waals surface area contributed by atoms with Gasteiger partial charge in [-0.15, -0.1) is 0 Å². The van der Waals surface area contributed by atoms with E-state index in [2.05, 4.69) is 9.97 Å². The SMILES string of the molecule is Nc1ncc2c(n1)C1(CCN(C(=O)CC3CCCCC3)CC1)OCC2. The number of hydrogen-bond acceptors (Lipinski definition) is 5. The Bertz CT molecular complexity index is 634. The zero-order chi connectivity index (χ0) is 17.3. The summed E-state index contributed by atoms with van der Waals surface area (Å²) in [5.74, 6) is 1.22. The average Bonchev–Trinajstić information content (AvgIpc) is 2.64. The molecule has 0 aromatic carbocycles. The van der Waals surface area contributed by atoms with Crippen molar-refractivity contribution in [1.29, 1.82) is 0 Å². The third-order valence-corrected chi connectivity index (χ3v) is 6.18. The van der Waals surface area contributed by atoms with Crippen molar-refractivity contribution >= 4 is 11.9 Å². The van der Waals surface area contributed by atoms with Gasteiger partial charge in [0.15, 0.2) is 0 Å². The summed E-state index contributed by atoms with van der Waals surface area (Å²) in [6, 6.07) is 0. The Balaban J connectivity index is 1.41. The fraction of sp³-hybridized carbons (Fsp3) is 0.737. The molecule has 4 rings (SSSR count). The summed E-state index contributed by atoms with van der Waals surface area (Å²) in [5, 5.41) is 0. The molecule has 25 heavy (non-hydrogen) atoms. The fourth-order valence-corrected chi connectivity index (χ4v) is 4.69. The van der Waals surface area contributed by atoms with Crippen LogP contribution in [-0.4, -0.2) is 40.5 Å². The van der Waals surface area contributed by atoms with Crippen molar-refractivity contribution in [3.05, 3.63) is 17.5 Å². The van der Waals surface area contributed by atoms with Gasteiger partial charge in [0.1, 0.15) is 5.60 Å². The number of amides is 1. The van der Waals surface area contributed by atoms with Gasteiger partial charge in [0.25, 0.3) is 0 Å². The number of carbonyl (C=O) groups is 1. The van der Waals surface area contributed by atoms with Gasteiger partial charge in [0.05, 0.1) is 12.3 Å². The summed E-state index contributed by atoms with van der Waals surface area (Å²) >= 11 is 0. The van der Waals surface area contributed by atoms with E-state index >= 15 is 0 Å². The number of nitrogens with zero attached hydrogens (tertiary/aromatic N) is 3. The Morgan fingerprint density at radius 3 is 2.80 bits per heavy atom. The Kier molecular flexibility index (Phi) is 4.63. The van der Waals surface area contributed by atoms with Gasteiger partial charge in [-0.1, -0.05) is 19.3 Å². The van der Waals surface area contributed by atoms with Gasteiger partial charge in [-0.25, -0.2) is 9.97 Å². The van der Waals surface area contributed by atoms with Crippen LogP contribution in [0.2, 0.25) is 0 Å². The van der Waals surface area contributed by atoms with Gasteiger partial charge in [-0.3, -0.25) is 4.79 Å². The van der Waals surface area contributed by atoms with Crippen molar-refractivity contribution in [2.75, 3.05) is 25.4 Å². The molecule has 3 heterocycles. The van der Waals surface area contributed by atoms with Crippen LogP contribution in [0.3, 0.4) is 0 Å². The first-order valence-electron chi connectivity index (χ1n) is 9.70. The molecule has 1 aromatic rings. The van der Waals surface area contributed by atoms with Crippen molar-refractivity contribution in [2.45, 2.75) is 63.4 Å². The van der Waals surface area contributed by atoms with Crippen LogP contribution in [0.4, 0.5) is 5.95 Å². The largest absolute Gasteiger partial charge is 0.368 e. The highest BCUT2D eigenvalue weighted by molar-refractivity contribution is 5.76. The number of likely N-dealkylation sites (tertiary alicyclic amines) is 1. The molecule has 6 nitrogen and oxygen atoms in total. The van der Waals surface area contributed by atoms with Gasteiger partial charge in [-0.05, 0) is 43.6 Å². The molecule has 0 atom stereocenters. The topological polar surface area (TPSA) is 81.3 Å². The first-order valence-corrected chi connectivity index (χ1v) is 9.70. The van der Waals surface area contributed by atoms with Gasteiger partial charge < -0.3 is 15.4 Å². The minimum Gasteiger partial charge on any atom is -0.368 e. The number of aromatic nitrogens is 2. The number of anilines is 1. The molecule has 2 fully saturated rings. The lowest BCUT2D eigenvalue weighted by Crippen LogP contribution is -2.49. The molecule has 1 aromatic heterocycles. The van der Waals surface area contributed by atoms with E-state index in [9.17, 15) is 4.79 Å². The summed E-state index contributed by atoms with van der Waals surface area (Å²) in [4.78, 5) is 23.3. The Morgan fingerprint density at radius 2 is 2.04 bits per heavy atom. The van der Waals surface area contributed by atoms with E-state index in [0.29, 0.717) is 24.4 Å². The second-order valence-corrected chi connectivity index (χ2v) is 7.78. The molecule has 1 saturated carbocycles. The Hall–Kier alpha value is -1.69. The van der Waals surface area contributed by atoms with Crippen molar-refractivity contribution in [3.63, 3.8) is 0 Å². The maximum Gasteiger partial charge on any atom is 0.222 e. The van der Waals surface area contributed by atoms with Gasteiger partial charge in [-0.2, -0.15) is 0 Å². The van der Waals surface area contributed by atoms with Crippen molar-refractivity contribution in [2.24, 2.45) is 5.92 Å². The highest BCUT2D eigenvalue weighted by Gasteiger charge is 2.43. The number of ether oxygens (including phenoxy) is 1. The summed E-state index contributed by atoms with van der Waals surface area (Å²) in [6.45, 7) is 2.18. The monoisotopic (exact) mass is 344 g/mol. The van der Waals surface area contributed by atoms with Crippen LogP contribution in [-0.2, 0) is 21.6 Å². The lowest BCUT2D eigenvalue weighted by Gasteiger charge is -2.44. The highest BCUT2D eigenvalue weighted by atomic mass is 16.5. The van der Waals surface area contributed by atoms with Crippen LogP contribution >= 0.6 is 0 Å². The molecule has 3 aliphatic rings. The summed E-state index contributed by atoms with van der Waals surface area (Å²) in [6.07, 6.45) is 11.3. The summed E-state index contributed by atoms with van der Waals surface area (Å²) in [5.41, 5.74) is 7.52. The maximum atomic E-state index is 12.7. The molecule has 1 aliphatic carbocycles. The first-order chi connectivity index (χ1) is 12.2. The van der Waals surface area contributed by atoms with Crippen molar-refractivity contribution in [1.82, 2.24) is 14.9 Å². The molecule has 0 unspecified atom stereocenters. The molecule has 2 aliphatic heterocycles. The molecule has 1 saturated heterocycles. The smallest absolute Gasteiger partial charge is 0.222 e. The van der Waals surface area contributed by atoms with E-state index in [-0.39, 0.29) is 5.60 Å². The Labute approximate surface area is 149 Å². The third kappa shape index (κ3) is 3.36. The highest BCUT2D eigenvalue weighted by Crippen LogP contribution is 2.40. The minimum absolute atomic E-state index is 0.305. The standard InChI is InChI=1S/C19H28N4O2/c20-18-21-13-15-6-11-25-19(17(15)22-18)7-9-23(10-8-19)16(24)12-14-4-2-1-3-5-14/h13-14H,1-12H2,(H2,20,21,22). The lowest BCUT2D eigenvalue weighted by atomic mass is 9.82. The van der Waals surface area contributed by atoms with Crippen LogP contribution in [0.5, 0.6) is 0 Å². The predicted molar refractivity (Wildman–Crippen MR) is 94.8 cm³/mol. The molecule has 0 radical (unpaired) electrons. The van der Waals surface area contributed by atoms with E-state index in [1.165, 1.54) is 32.1 Å². The molecule has 6 heteroatoms. The lowest BCUT2D eigenvalue weighted by molar-refractivity contribution is -0.142. The van der Waals surface area contributed by atoms with Crippen molar-refractivity contribution in [3.8, 4) is 0 Å². The summed E-state index contributed by atoms with van der Waals surface area (Å²) in [7, 11) is 0. The second kappa shape index (κ2) is 6.90. The Morgan fingerprint density at radius 1 is 1.28 bits per heavy atom. The number of hydrogen-bond donors (Lipinski definition) is 1. The van der Waals surface area contributed by atoms with Gasteiger partial charge in [0.2, 0.25) is 11.9 Å². The van der Waals surface area contributed by atoms with Gasteiger partial charge in [0, 0.05) is 25.7 Å². The van der Waals surface area contributed by atoms with E-state index < -0.39 is 0 Å². The van der Waals surface area contributed by atoms with Crippen LogP contribution in [0.25, 0.3) is 0 Å². The van der Waals surface area contributed by atoms with E-state index in [1.807, 2.05) is 11.1 Å². The molecular formula is C19H28N4O2. The molecule has 0 bridgehead atoms. The second-order valence-electron chi connectivity index (χ2n) is 7.78. The van der Waals surface area contributed by atoms with E-state index in [1.54, 1.807) is 0 Å². The number of fused-ring (bicyclic) bond motifs is 2. The zero-order valence-corrected chi connectivity index (χ0v) is 14.9. The van der Waals surface area contributed by atoms with Gasteiger partial charge >= 0.3 is 0 Å². The molecule has 1 spiro atoms. The van der Waals surface area contributed by atoms with Crippen LogP contribution in [0, 0.1) is 5.92 Å². The van der Waals surface area contributed by atoms with Crippen LogP contribution in [0.1, 0.15) is 62.6 Å². The van der Waals surface area contributed by atoms with E-state index in [4.69, 9.17) is 10.5 Å². The number of carbonyl (C=O) groups excluding carboxylic acids is 1. The molecule has 136 valence electrons. The van der Waals surface area contributed by atoms with Crippen LogP contribution in [0.15, 0.2) is 6.20 Å². The molecule has 2 N–H and O–H groups in total. The quantitative estimate of drug-likeness (QED) is 0.891. The minimum atomic E-state index is -0.383. The summed E-state index contributed by atoms with van der Waals surface area (Å²) < 4.78 is 6.18.